The maximum atomic E-state index is 6.06. The Hall–Kier alpha value is -1.17. The van der Waals surface area contributed by atoms with Crippen molar-refractivity contribution in [3.8, 4) is 10.9 Å². The molecule has 0 aliphatic heterocycles. The first-order chi connectivity index (χ1) is 8.69. The molecule has 1 heterocycles. The molecule has 6 heteroatoms. The van der Waals surface area contributed by atoms with Crippen LogP contribution in [0, 0.1) is 6.92 Å². The lowest BCUT2D eigenvalue weighted by Gasteiger charge is -2.04. The molecule has 0 radical (unpaired) electrons. The van der Waals surface area contributed by atoms with Gasteiger partial charge in [0.1, 0.15) is 10.8 Å². The van der Waals surface area contributed by atoms with Crippen LogP contribution in [0.25, 0.3) is 0 Å². The van der Waals surface area contributed by atoms with Crippen molar-refractivity contribution < 1.29 is 4.74 Å². The smallest absolute Gasteiger partial charge is 0.299 e. The Morgan fingerprint density at radius 3 is 3.00 bits per heavy atom. The van der Waals surface area contributed by atoms with E-state index < -0.39 is 0 Å². The second-order valence-electron chi connectivity index (χ2n) is 3.78. The second kappa shape index (κ2) is 6.13. The summed E-state index contributed by atoms with van der Waals surface area (Å²) >= 11 is 7.47. The molecule has 0 spiro atoms. The standard InChI is InChI=1S/C12H14ClN3OS/c1-3-14-7-11-15-16-12(18-11)17-10-6-8(2)4-5-9(10)13/h4-6,14H,3,7H2,1-2H3. The van der Waals surface area contributed by atoms with Crippen molar-refractivity contribution in [2.75, 3.05) is 6.54 Å². The Kier molecular flexibility index (Phi) is 4.52. The van der Waals surface area contributed by atoms with E-state index >= 15 is 0 Å². The number of benzene rings is 1. The summed E-state index contributed by atoms with van der Waals surface area (Å²) in [6.07, 6.45) is 0. The van der Waals surface area contributed by atoms with Crippen LogP contribution in [0.4, 0.5) is 0 Å². The van der Waals surface area contributed by atoms with Crippen molar-refractivity contribution in [1.29, 1.82) is 0 Å². The molecule has 0 amide bonds. The van der Waals surface area contributed by atoms with Gasteiger partial charge in [0.2, 0.25) is 0 Å². The molecule has 96 valence electrons. The average Bonchev–Trinajstić information content (AvgIpc) is 2.79. The van der Waals surface area contributed by atoms with E-state index in [0.29, 0.717) is 22.5 Å². The third-order valence-corrected chi connectivity index (χ3v) is 3.37. The van der Waals surface area contributed by atoms with Crippen molar-refractivity contribution in [1.82, 2.24) is 15.5 Å². The van der Waals surface area contributed by atoms with E-state index in [2.05, 4.69) is 15.5 Å². The third kappa shape index (κ3) is 3.41. The van der Waals surface area contributed by atoms with E-state index in [-0.39, 0.29) is 0 Å². The van der Waals surface area contributed by atoms with E-state index in [4.69, 9.17) is 16.3 Å². The first kappa shape index (κ1) is 13.3. The summed E-state index contributed by atoms with van der Waals surface area (Å²) in [5, 5.41) is 13.2. The lowest BCUT2D eigenvalue weighted by Crippen LogP contribution is -2.11. The van der Waals surface area contributed by atoms with Gasteiger partial charge < -0.3 is 10.1 Å². The molecule has 0 bridgehead atoms. The maximum Gasteiger partial charge on any atom is 0.299 e. The van der Waals surface area contributed by atoms with Gasteiger partial charge in [-0.05, 0) is 31.2 Å². The minimum atomic E-state index is 0.510. The first-order valence-electron chi connectivity index (χ1n) is 5.66. The molecule has 2 rings (SSSR count). The van der Waals surface area contributed by atoms with Crippen LogP contribution in [-0.4, -0.2) is 16.7 Å². The minimum absolute atomic E-state index is 0.510. The zero-order valence-corrected chi connectivity index (χ0v) is 11.8. The predicted molar refractivity (Wildman–Crippen MR) is 73.6 cm³/mol. The van der Waals surface area contributed by atoms with Crippen LogP contribution >= 0.6 is 22.9 Å². The number of rotatable bonds is 5. The van der Waals surface area contributed by atoms with Crippen LogP contribution in [0.3, 0.4) is 0 Å². The second-order valence-corrected chi connectivity index (χ2v) is 5.21. The van der Waals surface area contributed by atoms with Gasteiger partial charge in [0.25, 0.3) is 5.19 Å². The first-order valence-corrected chi connectivity index (χ1v) is 6.85. The van der Waals surface area contributed by atoms with Gasteiger partial charge in [-0.2, -0.15) is 0 Å². The number of nitrogens with one attached hydrogen (secondary N) is 1. The van der Waals surface area contributed by atoms with Crippen LogP contribution in [-0.2, 0) is 6.54 Å². The SMILES string of the molecule is CCNCc1nnc(Oc2cc(C)ccc2Cl)s1. The Bertz CT molecular complexity index is 530. The Morgan fingerprint density at radius 2 is 2.22 bits per heavy atom. The van der Waals surface area contributed by atoms with Crippen LogP contribution in [0.5, 0.6) is 10.9 Å². The molecular weight excluding hydrogens is 270 g/mol. The Labute approximate surface area is 115 Å². The molecule has 4 nitrogen and oxygen atoms in total. The van der Waals surface area contributed by atoms with E-state index in [1.807, 2.05) is 32.0 Å². The lowest BCUT2D eigenvalue weighted by molar-refractivity contribution is 0.473. The fourth-order valence-electron chi connectivity index (χ4n) is 1.37. The molecule has 0 unspecified atom stereocenters. The fraction of sp³-hybridized carbons (Fsp3) is 0.333. The van der Waals surface area contributed by atoms with Gasteiger partial charge in [0.15, 0.2) is 0 Å². The highest BCUT2D eigenvalue weighted by molar-refractivity contribution is 7.13. The third-order valence-electron chi connectivity index (χ3n) is 2.26. The molecule has 0 fully saturated rings. The molecule has 1 aromatic heterocycles. The molecule has 0 aliphatic rings. The zero-order chi connectivity index (χ0) is 13.0. The summed E-state index contributed by atoms with van der Waals surface area (Å²) in [5.74, 6) is 0.614. The van der Waals surface area contributed by atoms with Gasteiger partial charge in [-0.1, -0.05) is 41.0 Å². The number of hydrogen-bond acceptors (Lipinski definition) is 5. The molecule has 0 saturated heterocycles. The summed E-state index contributed by atoms with van der Waals surface area (Å²) in [5.41, 5.74) is 1.09. The predicted octanol–water partition coefficient (Wildman–Crippen LogP) is 3.40. The average molecular weight is 284 g/mol. The van der Waals surface area contributed by atoms with Crippen LogP contribution in [0.1, 0.15) is 17.5 Å². The summed E-state index contributed by atoms with van der Waals surface area (Å²) in [6, 6.07) is 5.63. The number of ether oxygens (including phenoxy) is 1. The summed E-state index contributed by atoms with van der Waals surface area (Å²) in [4.78, 5) is 0. The van der Waals surface area contributed by atoms with Gasteiger partial charge in [0, 0.05) is 6.54 Å². The van der Waals surface area contributed by atoms with Crippen LogP contribution < -0.4 is 10.1 Å². The highest BCUT2D eigenvalue weighted by Crippen LogP contribution is 2.31. The van der Waals surface area contributed by atoms with E-state index in [0.717, 1.165) is 17.1 Å². The van der Waals surface area contributed by atoms with E-state index in [1.54, 1.807) is 0 Å². The highest BCUT2D eigenvalue weighted by atomic mass is 35.5. The fourth-order valence-corrected chi connectivity index (χ4v) is 2.19. The largest absolute Gasteiger partial charge is 0.428 e. The molecule has 0 atom stereocenters. The van der Waals surface area contributed by atoms with Crippen molar-refractivity contribution in [3.63, 3.8) is 0 Å². The molecule has 2 aromatic rings. The summed E-state index contributed by atoms with van der Waals surface area (Å²) in [6.45, 7) is 5.64. The molecule has 1 aromatic carbocycles. The lowest BCUT2D eigenvalue weighted by atomic mass is 10.2. The van der Waals surface area contributed by atoms with E-state index in [9.17, 15) is 0 Å². The number of nitrogens with zero attached hydrogens (tertiary/aromatic N) is 2. The Morgan fingerprint density at radius 1 is 1.39 bits per heavy atom. The van der Waals surface area contributed by atoms with Crippen molar-refractivity contribution in [2.24, 2.45) is 0 Å². The molecule has 0 aliphatic carbocycles. The van der Waals surface area contributed by atoms with Gasteiger partial charge in [0.05, 0.1) is 5.02 Å². The number of hydrogen-bond donors (Lipinski definition) is 1. The van der Waals surface area contributed by atoms with Gasteiger partial charge >= 0.3 is 0 Å². The molecule has 0 saturated carbocycles. The van der Waals surface area contributed by atoms with E-state index in [1.165, 1.54) is 11.3 Å². The number of aromatic nitrogens is 2. The summed E-state index contributed by atoms with van der Waals surface area (Å²) in [7, 11) is 0. The number of halogens is 1. The maximum absolute atomic E-state index is 6.06. The van der Waals surface area contributed by atoms with Crippen LogP contribution in [0.15, 0.2) is 18.2 Å². The van der Waals surface area contributed by atoms with Gasteiger partial charge in [-0.25, -0.2) is 0 Å². The minimum Gasteiger partial charge on any atom is -0.428 e. The van der Waals surface area contributed by atoms with Gasteiger partial charge in [-0.15, -0.1) is 5.10 Å². The molecular formula is C12H14ClN3OS. The van der Waals surface area contributed by atoms with Crippen LogP contribution in [0.2, 0.25) is 5.02 Å². The monoisotopic (exact) mass is 283 g/mol. The topological polar surface area (TPSA) is 47.0 Å². The van der Waals surface area contributed by atoms with Crippen molar-refractivity contribution in [3.05, 3.63) is 33.8 Å². The molecule has 1 N–H and O–H groups in total. The number of aryl methyl sites for hydroxylation is 1. The quantitative estimate of drug-likeness (QED) is 0.913. The zero-order valence-electron chi connectivity index (χ0n) is 10.2. The Balaban J connectivity index is 2.08. The van der Waals surface area contributed by atoms with Crippen molar-refractivity contribution in [2.45, 2.75) is 20.4 Å². The van der Waals surface area contributed by atoms with Crippen molar-refractivity contribution >= 4 is 22.9 Å². The normalized spacial score (nSPS) is 10.6. The van der Waals surface area contributed by atoms with Gasteiger partial charge in [-0.3, -0.25) is 0 Å². The summed E-state index contributed by atoms with van der Waals surface area (Å²) < 4.78 is 5.64. The molecule has 18 heavy (non-hydrogen) atoms. The highest BCUT2D eigenvalue weighted by Gasteiger charge is 2.08.